The second-order valence-electron chi connectivity index (χ2n) is 8.95. The molecular formula is C27H25FN4. The van der Waals surface area contributed by atoms with Crippen molar-refractivity contribution in [1.82, 2.24) is 19.3 Å². The molecule has 1 fully saturated rings. The van der Waals surface area contributed by atoms with Gasteiger partial charge in [-0.05, 0) is 54.7 Å². The van der Waals surface area contributed by atoms with Gasteiger partial charge in [-0.15, -0.1) is 0 Å². The number of pyridine rings is 1. The van der Waals surface area contributed by atoms with E-state index in [2.05, 4.69) is 40.1 Å². The molecule has 4 nitrogen and oxygen atoms in total. The Bertz CT molecular complexity index is 1440. The van der Waals surface area contributed by atoms with Crippen LogP contribution in [0.1, 0.15) is 25.7 Å². The Morgan fingerprint density at radius 1 is 0.969 bits per heavy atom. The highest BCUT2D eigenvalue weighted by Crippen LogP contribution is 2.38. The quantitative estimate of drug-likeness (QED) is 0.326. The number of halogens is 1. The van der Waals surface area contributed by atoms with Gasteiger partial charge in [0.15, 0.2) is 0 Å². The minimum absolute atomic E-state index is 0.237. The molecule has 3 aromatic heterocycles. The molecule has 0 amide bonds. The van der Waals surface area contributed by atoms with E-state index in [1.807, 2.05) is 30.2 Å². The number of nitrogens with zero attached hydrogens (tertiary/aromatic N) is 4. The van der Waals surface area contributed by atoms with E-state index in [1.165, 1.54) is 31.7 Å². The van der Waals surface area contributed by atoms with Gasteiger partial charge in [0, 0.05) is 41.7 Å². The van der Waals surface area contributed by atoms with Crippen LogP contribution in [-0.2, 0) is 13.6 Å². The number of hydrogen-bond acceptors (Lipinski definition) is 2. The molecule has 0 aliphatic heterocycles. The molecule has 160 valence electrons. The van der Waals surface area contributed by atoms with E-state index in [1.54, 1.807) is 12.1 Å². The van der Waals surface area contributed by atoms with Crippen LogP contribution in [-0.4, -0.2) is 19.3 Å². The highest BCUT2D eigenvalue weighted by Gasteiger charge is 2.20. The minimum Gasteiger partial charge on any atom is -0.346 e. The van der Waals surface area contributed by atoms with Gasteiger partial charge in [0.2, 0.25) is 0 Å². The summed E-state index contributed by atoms with van der Waals surface area (Å²) in [7, 11) is 1.94. The maximum atomic E-state index is 14.2. The molecule has 1 aliphatic carbocycles. The van der Waals surface area contributed by atoms with E-state index >= 15 is 0 Å². The van der Waals surface area contributed by atoms with Crippen LogP contribution in [0.4, 0.5) is 4.39 Å². The van der Waals surface area contributed by atoms with E-state index in [4.69, 9.17) is 4.98 Å². The van der Waals surface area contributed by atoms with Gasteiger partial charge in [-0.2, -0.15) is 5.10 Å². The van der Waals surface area contributed by atoms with Crippen molar-refractivity contribution in [2.75, 3.05) is 0 Å². The lowest BCUT2D eigenvalue weighted by Gasteiger charge is -2.15. The van der Waals surface area contributed by atoms with Crippen molar-refractivity contribution >= 4 is 21.8 Å². The number of hydrogen-bond donors (Lipinski definition) is 0. The standard InChI is InChI=1S/C27H25FN4/c1-31-24-10-9-20(13-21(24)15-30-31)27-26(19-7-4-8-22(28)14-19)23-11-12-32(25(23)16-29-27)17-18-5-2-3-6-18/h4,7-16,18H,2-3,5-6,17H2,1H3. The number of aryl methyl sites for hydroxylation is 1. The third-order valence-corrected chi connectivity index (χ3v) is 6.89. The van der Waals surface area contributed by atoms with Crippen molar-refractivity contribution in [3.05, 3.63) is 72.9 Å². The highest BCUT2D eigenvalue weighted by atomic mass is 19.1. The second kappa shape index (κ2) is 7.59. The lowest BCUT2D eigenvalue weighted by molar-refractivity contribution is 0.466. The molecule has 0 saturated heterocycles. The Kier molecular flexibility index (Phi) is 4.56. The van der Waals surface area contributed by atoms with E-state index in [9.17, 15) is 4.39 Å². The smallest absolute Gasteiger partial charge is 0.123 e. The molecule has 0 radical (unpaired) electrons. The topological polar surface area (TPSA) is 35.6 Å². The first-order valence-corrected chi connectivity index (χ1v) is 11.3. The predicted octanol–water partition coefficient (Wildman–Crippen LogP) is 6.59. The molecule has 0 atom stereocenters. The Morgan fingerprint density at radius 2 is 1.84 bits per heavy atom. The van der Waals surface area contributed by atoms with Gasteiger partial charge in [0.25, 0.3) is 0 Å². The van der Waals surface area contributed by atoms with Crippen molar-refractivity contribution in [3.63, 3.8) is 0 Å². The molecule has 32 heavy (non-hydrogen) atoms. The van der Waals surface area contributed by atoms with Crippen LogP contribution in [0.15, 0.2) is 67.1 Å². The van der Waals surface area contributed by atoms with Gasteiger partial charge in [0.05, 0.1) is 29.1 Å². The van der Waals surface area contributed by atoms with E-state index in [-0.39, 0.29) is 5.82 Å². The second-order valence-corrected chi connectivity index (χ2v) is 8.95. The number of aromatic nitrogens is 4. The predicted molar refractivity (Wildman–Crippen MR) is 127 cm³/mol. The molecule has 3 heterocycles. The van der Waals surface area contributed by atoms with Crippen LogP contribution < -0.4 is 0 Å². The molecule has 2 aromatic carbocycles. The third-order valence-electron chi connectivity index (χ3n) is 6.89. The molecule has 0 bridgehead atoms. The zero-order chi connectivity index (χ0) is 21.7. The Labute approximate surface area is 186 Å². The van der Waals surface area contributed by atoms with Crippen LogP contribution in [0.5, 0.6) is 0 Å². The maximum Gasteiger partial charge on any atom is 0.123 e. The molecular weight excluding hydrogens is 399 g/mol. The van der Waals surface area contributed by atoms with Crippen LogP contribution in [0.2, 0.25) is 0 Å². The molecule has 0 N–H and O–H groups in total. The lowest BCUT2D eigenvalue weighted by atomic mass is 9.95. The highest BCUT2D eigenvalue weighted by molar-refractivity contribution is 6.02. The number of rotatable bonds is 4. The molecule has 5 aromatic rings. The summed E-state index contributed by atoms with van der Waals surface area (Å²) in [4.78, 5) is 4.93. The fourth-order valence-corrected chi connectivity index (χ4v) is 5.25. The SMILES string of the molecule is Cn1ncc2cc(-c3ncc4c(ccn4CC4CCCC4)c3-c3cccc(F)c3)ccc21. The van der Waals surface area contributed by atoms with Crippen LogP contribution in [0.25, 0.3) is 44.2 Å². The summed E-state index contributed by atoms with van der Waals surface area (Å²) in [5.74, 6) is 0.495. The summed E-state index contributed by atoms with van der Waals surface area (Å²) in [6, 6.07) is 15.3. The fraction of sp³-hybridized carbons (Fsp3) is 0.259. The van der Waals surface area contributed by atoms with Crippen molar-refractivity contribution in [2.24, 2.45) is 13.0 Å². The summed E-state index contributed by atoms with van der Waals surface area (Å²) >= 11 is 0. The molecule has 0 spiro atoms. The number of fused-ring (bicyclic) bond motifs is 2. The maximum absolute atomic E-state index is 14.2. The molecule has 6 rings (SSSR count). The first kappa shape index (κ1) is 19.2. The van der Waals surface area contributed by atoms with Crippen molar-refractivity contribution in [2.45, 2.75) is 32.2 Å². The third kappa shape index (κ3) is 3.20. The zero-order valence-electron chi connectivity index (χ0n) is 18.1. The van der Waals surface area contributed by atoms with Gasteiger partial charge >= 0.3 is 0 Å². The first-order valence-electron chi connectivity index (χ1n) is 11.3. The van der Waals surface area contributed by atoms with E-state index in [0.717, 1.165) is 56.7 Å². The monoisotopic (exact) mass is 424 g/mol. The van der Waals surface area contributed by atoms with Gasteiger partial charge in [0.1, 0.15) is 5.82 Å². The Balaban J connectivity index is 1.56. The van der Waals surface area contributed by atoms with Crippen LogP contribution >= 0.6 is 0 Å². The molecule has 5 heteroatoms. The Morgan fingerprint density at radius 3 is 2.69 bits per heavy atom. The molecule has 1 aliphatic rings. The summed E-state index contributed by atoms with van der Waals surface area (Å²) in [6.45, 7) is 1.02. The first-order chi connectivity index (χ1) is 15.7. The lowest BCUT2D eigenvalue weighted by Crippen LogP contribution is -2.06. The largest absolute Gasteiger partial charge is 0.346 e. The fourth-order valence-electron chi connectivity index (χ4n) is 5.25. The summed E-state index contributed by atoms with van der Waals surface area (Å²) in [5, 5.41) is 6.55. The van der Waals surface area contributed by atoms with Crippen molar-refractivity contribution in [1.29, 1.82) is 0 Å². The molecule has 1 saturated carbocycles. The minimum atomic E-state index is -0.237. The van der Waals surface area contributed by atoms with Crippen LogP contribution in [0, 0.1) is 11.7 Å². The molecule has 0 unspecified atom stereocenters. The average Bonchev–Trinajstić information content (AvgIpc) is 3.55. The van der Waals surface area contributed by atoms with Crippen LogP contribution in [0.3, 0.4) is 0 Å². The normalized spacial score (nSPS) is 14.7. The van der Waals surface area contributed by atoms with Gasteiger partial charge < -0.3 is 4.57 Å². The Hall–Kier alpha value is -3.47. The number of benzene rings is 2. The van der Waals surface area contributed by atoms with Crippen molar-refractivity contribution < 1.29 is 4.39 Å². The zero-order valence-corrected chi connectivity index (χ0v) is 18.1. The van der Waals surface area contributed by atoms with E-state index < -0.39 is 0 Å². The summed E-state index contributed by atoms with van der Waals surface area (Å²) in [6.07, 6.45) is 11.3. The summed E-state index contributed by atoms with van der Waals surface area (Å²) in [5.41, 5.74) is 5.90. The van der Waals surface area contributed by atoms with Gasteiger partial charge in [-0.1, -0.05) is 31.0 Å². The average molecular weight is 425 g/mol. The van der Waals surface area contributed by atoms with Gasteiger partial charge in [-0.25, -0.2) is 4.39 Å². The van der Waals surface area contributed by atoms with Crippen molar-refractivity contribution in [3.8, 4) is 22.4 Å². The van der Waals surface area contributed by atoms with Gasteiger partial charge in [-0.3, -0.25) is 9.67 Å². The van der Waals surface area contributed by atoms with E-state index in [0.29, 0.717) is 0 Å². The summed E-state index contributed by atoms with van der Waals surface area (Å²) < 4.78 is 18.4.